The van der Waals surface area contributed by atoms with Crippen LogP contribution in [0.5, 0.6) is 11.5 Å². The van der Waals surface area contributed by atoms with Crippen molar-refractivity contribution in [1.29, 1.82) is 0 Å². The second-order valence-electron chi connectivity index (χ2n) is 5.62. The number of carbonyl (C=O) groups is 1. The van der Waals surface area contributed by atoms with Gasteiger partial charge >= 0.3 is 0 Å². The Labute approximate surface area is 136 Å². The van der Waals surface area contributed by atoms with Crippen molar-refractivity contribution < 1.29 is 9.53 Å². The minimum Gasteiger partial charge on any atom is -0.457 e. The van der Waals surface area contributed by atoms with Gasteiger partial charge in [0.25, 0.3) is 0 Å². The Morgan fingerprint density at radius 3 is 2.55 bits per heavy atom. The van der Waals surface area contributed by atoms with Gasteiger partial charge in [-0.3, -0.25) is 4.79 Å². The Kier molecular flexibility index (Phi) is 4.39. The molecule has 0 saturated carbocycles. The molecule has 1 amide bonds. The number of thiol groups is 1. The van der Waals surface area contributed by atoms with E-state index in [-0.39, 0.29) is 5.91 Å². The van der Waals surface area contributed by atoms with Crippen molar-refractivity contribution in [3.8, 4) is 11.5 Å². The van der Waals surface area contributed by atoms with Gasteiger partial charge < -0.3 is 9.64 Å². The summed E-state index contributed by atoms with van der Waals surface area (Å²) in [6.45, 7) is 2.77. The fraction of sp³-hybridized carbons (Fsp3) is 0.278. The standard InChI is InChI=1S/C18H19NO2S/c1-13-4-2-3-5-17(13)21-16-8-6-15(7-9-16)19-11-14(12-22)10-18(19)20/h2-9,14,22H,10-12H2,1H3. The first kappa shape index (κ1) is 15.0. The molecule has 1 heterocycles. The van der Waals surface area contributed by atoms with E-state index in [2.05, 4.69) is 12.6 Å². The molecule has 0 radical (unpaired) electrons. The summed E-state index contributed by atoms with van der Waals surface area (Å²) in [7, 11) is 0. The van der Waals surface area contributed by atoms with Gasteiger partial charge in [0.2, 0.25) is 5.91 Å². The smallest absolute Gasteiger partial charge is 0.227 e. The quantitative estimate of drug-likeness (QED) is 0.862. The Balaban J connectivity index is 1.73. The maximum absolute atomic E-state index is 12.0. The van der Waals surface area contributed by atoms with E-state index in [1.807, 2.05) is 60.4 Å². The summed E-state index contributed by atoms with van der Waals surface area (Å²) in [4.78, 5) is 13.9. The summed E-state index contributed by atoms with van der Waals surface area (Å²) in [6.07, 6.45) is 0.588. The number of benzene rings is 2. The number of hydrogen-bond acceptors (Lipinski definition) is 3. The van der Waals surface area contributed by atoms with Crippen molar-refractivity contribution in [2.24, 2.45) is 5.92 Å². The molecule has 22 heavy (non-hydrogen) atoms. The number of amides is 1. The Morgan fingerprint density at radius 1 is 1.18 bits per heavy atom. The highest BCUT2D eigenvalue weighted by molar-refractivity contribution is 7.80. The molecule has 0 N–H and O–H groups in total. The molecule has 0 aromatic heterocycles. The molecule has 0 bridgehead atoms. The van der Waals surface area contributed by atoms with E-state index < -0.39 is 0 Å². The maximum atomic E-state index is 12.0. The molecule has 3 rings (SSSR count). The summed E-state index contributed by atoms with van der Waals surface area (Å²) in [5.41, 5.74) is 2.02. The summed E-state index contributed by atoms with van der Waals surface area (Å²) >= 11 is 4.29. The van der Waals surface area contributed by atoms with Crippen molar-refractivity contribution in [2.75, 3.05) is 17.2 Å². The minimum atomic E-state index is 0.173. The average molecular weight is 313 g/mol. The molecule has 1 unspecified atom stereocenters. The zero-order valence-corrected chi connectivity index (χ0v) is 13.4. The average Bonchev–Trinajstić information content (AvgIpc) is 2.91. The first-order valence-corrected chi connectivity index (χ1v) is 8.05. The molecule has 2 aromatic rings. The molecule has 0 spiro atoms. The van der Waals surface area contributed by atoms with Gasteiger partial charge in [-0.05, 0) is 54.5 Å². The molecular formula is C18H19NO2S. The van der Waals surface area contributed by atoms with Crippen molar-refractivity contribution in [2.45, 2.75) is 13.3 Å². The van der Waals surface area contributed by atoms with E-state index in [9.17, 15) is 4.79 Å². The lowest BCUT2D eigenvalue weighted by Gasteiger charge is -2.17. The molecule has 4 heteroatoms. The lowest BCUT2D eigenvalue weighted by molar-refractivity contribution is -0.117. The molecule has 2 aromatic carbocycles. The normalized spacial score (nSPS) is 17.8. The monoisotopic (exact) mass is 313 g/mol. The Bertz CT molecular complexity index is 669. The van der Waals surface area contributed by atoms with Gasteiger partial charge in [0, 0.05) is 18.7 Å². The van der Waals surface area contributed by atoms with E-state index in [0.717, 1.165) is 35.0 Å². The second-order valence-corrected chi connectivity index (χ2v) is 5.98. The summed E-state index contributed by atoms with van der Waals surface area (Å²) in [5.74, 6) is 2.89. The van der Waals surface area contributed by atoms with Gasteiger partial charge in [0.05, 0.1) is 0 Å². The number of para-hydroxylation sites is 1. The van der Waals surface area contributed by atoms with Crippen LogP contribution in [0.2, 0.25) is 0 Å². The van der Waals surface area contributed by atoms with E-state index in [0.29, 0.717) is 12.3 Å². The van der Waals surface area contributed by atoms with Crippen LogP contribution < -0.4 is 9.64 Å². The lowest BCUT2D eigenvalue weighted by atomic mass is 10.1. The SMILES string of the molecule is Cc1ccccc1Oc1ccc(N2CC(CS)CC2=O)cc1. The second kappa shape index (κ2) is 6.44. The van der Waals surface area contributed by atoms with E-state index in [4.69, 9.17) is 4.74 Å². The molecule has 1 atom stereocenters. The number of aryl methyl sites for hydroxylation is 1. The van der Waals surface area contributed by atoms with Gasteiger partial charge in [-0.15, -0.1) is 0 Å². The number of hydrogen-bond donors (Lipinski definition) is 1. The van der Waals surface area contributed by atoms with Crippen molar-refractivity contribution in [3.05, 3.63) is 54.1 Å². The summed E-state index contributed by atoms with van der Waals surface area (Å²) in [5, 5.41) is 0. The first-order chi connectivity index (χ1) is 10.7. The van der Waals surface area contributed by atoms with Crippen LogP contribution in [0.1, 0.15) is 12.0 Å². The third-order valence-corrected chi connectivity index (χ3v) is 4.45. The van der Waals surface area contributed by atoms with E-state index in [1.165, 1.54) is 0 Å². The van der Waals surface area contributed by atoms with Crippen LogP contribution in [0.3, 0.4) is 0 Å². The summed E-state index contributed by atoms with van der Waals surface area (Å²) < 4.78 is 5.88. The van der Waals surface area contributed by atoms with Crippen molar-refractivity contribution in [1.82, 2.24) is 0 Å². The fourth-order valence-electron chi connectivity index (χ4n) is 2.65. The third kappa shape index (κ3) is 3.12. The minimum absolute atomic E-state index is 0.173. The Hall–Kier alpha value is -1.94. The number of anilines is 1. The van der Waals surface area contributed by atoms with Crippen LogP contribution in [0, 0.1) is 12.8 Å². The highest BCUT2D eigenvalue weighted by Gasteiger charge is 2.29. The fourth-order valence-corrected chi connectivity index (χ4v) is 2.89. The van der Waals surface area contributed by atoms with Gasteiger partial charge in [-0.25, -0.2) is 0 Å². The maximum Gasteiger partial charge on any atom is 0.227 e. The molecule has 0 aliphatic carbocycles. The van der Waals surface area contributed by atoms with Crippen LogP contribution in [0.4, 0.5) is 5.69 Å². The molecular weight excluding hydrogens is 294 g/mol. The summed E-state index contributed by atoms with van der Waals surface area (Å²) in [6, 6.07) is 15.6. The molecule has 1 aliphatic rings. The van der Waals surface area contributed by atoms with Gasteiger partial charge in [-0.2, -0.15) is 12.6 Å². The van der Waals surface area contributed by atoms with E-state index in [1.54, 1.807) is 0 Å². The van der Waals surface area contributed by atoms with Gasteiger partial charge in [-0.1, -0.05) is 18.2 Å². The Morgan fingerprint density at radius 2 is 1.91 bits per heavy atom. The lowest BCUT2D eigenvalue weighted by Crippen LogP contribution is -2.24. The van der Waals surface area contributed by atoms with Gasteiger partial charge in [0.1, 0.15) is 11.5 Å². The van der Waals surface area contributed by atoms with Gasteiger partial charge in [0.15, 0.2) is 0 Å². The molecule has 1 fully saturated rings. The van der Waals surface area contributed by atoms with Crippen LogP contribution in [0.15, 0.2) is 48.5 Å². The highest BCUT2D eigenvalue weighted by Crippen LogP contribution is 2.29. The molecule has 114 valence electrons. The van der Waals surface area contributed by atoms with Crippen LogP contribution in [-0.2, 0) is 4.79 Å². The van der Waals surface area contributed by atoms with Crippen molar-refractivity contribution in [3.63, 3.8) is 0 Å². The number of nitrogens with zero attached hydrogens (tertiary/aromatic N) is 1. The van der Waals surface area contributed by atoms with Crippen LogP contribution in [0.25, 0.3) is 0 Å². The zero-order valence-electron chi connectivity index (χ0n) is 12.5. The zero-order chi connectivity index (χ0) is 15.5. The predicted octanol–water partition coefficient (Wildman–Crippen LogP) is 4.07. The predicted molar refractivity (Wildman–Crippen MR) is 92.0 cm³/mol. The number of carbonyl (C=O) groups excluding carboxylic acids is 1. The van der Waals surface area contributed by atoms with Crippen LogP contribution in [-0.4, -0.2) is 18.2 Å². The number of ether oxygens (including phenoxy) is 1. The third-order valence-electron chi connectivity index (χ3n) is 3.93. The number of rotatable bonds is 4. The molecule has 1 saturated heterocycles. The van der Waals surface area contributed by atoms with Crippen LogP contribution >= 0.6 is 12.6 Å². The highest BCUT2D eigenvalue weighted by atomic mass is 32.1. The largest absolute Gasteiger partial charge is 0.457 e. The van der Waals surface area contributed by atoms with E-state index >= 15 is 0 Å². The van der Waals surface area contributed by atoms with Crippen molar-refractivity contribution >= 4 is 24.2 Å². The molecule has 1 aliphatic heterocycles. The first-order valence-electron chi connectivity index (χ1n) is 7.42. The molecule has 3 nitrogen and oxygen atoms in total. The topological polar surface area (TPSA) is 29.5 Å².